The highest BCUT2D eigenvalue weighted by Gasteiger charge is 2.39. The van der Waals surface area contributed by atoms with Gasteiger partial charge >= 0.3 is 18.1 Å². The highest BCUT2D eigenvalue weighted by Crippen LogP contribution is 2.17. The molecule has 0 spiro atoms. The van der Waals surface area contributed by atoms with Gasteiger partial charge in [0.25, 0.3) is 0 Å². The van der Waals surface area contributed by atoms with Crippen LogP contribution in [-0.2, 0) is 9.53 Å². The van der Waals surface area contributed by atoms with Gasteiger partial charge in [-0.15, -0.1) is 0 Å². The van der Waals surface area contributed by atoms with Gasteiger partial charge in [-0.25, -0.2) is 14.4 Å². The summed E-state index contributed by atoms with van der Waals surface area (Å²) in [5.74, 6) is -1.15. The molecule has 0 saturated carbocycles. The lowest BCUT2D eigenvalue weighted by atomic mass is 10.1. The molecule has 0 aliphatic carbocycles. The Morgan fingerprint density at radius 2 is 1.74 bits per heavy atom. The lowest BCUT2D eigenvalue weighted by Crippen LogP contribution is -2.61. The van der Waals surface area contributed by atoms with Crippen molar-refractivity contribution in [1.29, 1.82) is 0 Å². The number of hydrogen-bond acceptors (Lipinski definition) is 4. The van der Waals surface area contributed by atoms with Crippen molar-refractivity contribution in [3.63, 3.8) is 0 Å². The van der Waals surface area contributed by atoms with Gasteiger partial charge in [0.1, 0.15) is 5.60 Å². The molecule has 0 aromatic heterocycles. The number of carboxylic acid groups (broad SMARTS) is 1. The van der Waals surface area contributed by atoms with Crippen molar-refractivity contribution >= 4 is 18.1 Å². The van der Waals surface area contributed by atoms with Crippen molar-refractivity contribution in [3.8, 4) is 0 Å². The summed E-state index contributed by atoms with van der Waals surface area (Å²) < 4.78 is 5.25. The van der Waals surface area contributed by atoms with Gasteiger partial charge < -0.3 is 19.6 Å². The average molecular weight is 329 g/mol. The van der Waals surface area contributed by atoms with E-state index in [4.69, 9.17) is 4.74 Å². The van der Waals surface area contributed by atoms with Gasteiger partial charge in [0, 0.05) is 26.2 Å². The molecular formula is C15H27N3O5. The SMILES string of the molecule is CCN(CC)C(=O)N1CCN(C(=O)OC(C)(C)C)C(C(=O)O)C1. The van der Waals surface area contributed by atoms with Gasteiger partial charge in [-0.05, 0) is 34.6 Å². The molecule has 1 N–H and O–H groups in total. The predicted molar refractivity (Wildman–Crippen MR) is 84.3 cm³/mol. The Bertz CT molecular complexity index is 457. The van der Waals surface area contributed by atoms with Crippen LogP contribution in [0.4, 0.5) is 9.59 Å². The van der Waals surface area contributed by atoms with Crippen LogP contribution in [0.15, 0.2) is 0 Å². The molecular weight excluding hydrogens is 302 g/mol. The van der Waals surface area contributed by atoms with Gasteiger partial charge in [-0.3, -0.25) is 4.90 Å². The van der Waals surface area contributed by atoms with Crippen LogP contribution in [0.2, 0.25) is 0 Å². The summed E-state index contributed by atoms with van der Waals surface area (Å²) in [5.41, 5.74) is -0.700. The largest absolute Gasteiger partial charge is 0.480 e. The summed E-state index contributed by atoms with van der Waals surface area (Å²) in [7, 11) is 0. The third-order valence-electron chi connectivity index (χ3n) is 3.60. The van der Waals surface area contributed by atoms with Crippen molar-refractivity contribution in [2.75, 3.05) is 32.7 Å². The molecule has 1 aliphatic rings. The molecule has 1 heterocycles. The number of urea groups is 1. The number of rotatable bonds is 3. The average Bonchev–Trinajstić information content (AvgIpc) is 2.45. The summed E-state index contributed by atoms with van der Waals surface area (Å²) in [6.07, 6.45) is -0.667. The highest BCUT2D eigenvalue weighted by atomic mass is 16.6. The maximum Gasteiger partial charge on any atom is 0.411 e. The number of carboxylic acids is 1. The molecule has 132 valence electrons. The summed E-state index contributed by atoms with van der Waals surface area (Å²) >= 11 is 0. The lowest BCUT2D eigenvalue weighted by Gasteiger charge is -2.41. The topological polar surface area (TPSA) is 90.4 Å². The van der Waals surface area contributed by atoms with Crippen LogP contribution in [0, 0.1) is 0 Å². The Morgan fingerprint density at radius 3 is 2.17 bits per heavy atom. The van der Waals surface area contributed by atoms with Crippen LogP contribution in [-0.4, -0.2) is 82.3 Å². The molecule has 8 nitrogen and oxygen atoms in total. The first-order valence-corrected chi connectivity index (χ1v) is 7.87. The van der Waals surface area contributed by atoms with Crippen LogP contribution in [0.1, 0.15) is 34.6 Å². The second kappa shape index (κ2) is 7.52. The minimum Gasteiger partial charge on any atom is -0.480 e. The van der Waals surface area contributed by atoms with E-state index in [-0.39, 0.29) is 19.1 Å². The van der Waals surface area contributed by atoms with E-state index in [0.717, 1.165) is 0 Å². The minimum atomic E-state index is -1.15. The highest BCUT2D eigenvalue weighted by molar-refractivity contribution is 5.82. The third-order valence-corrected chi connectivity index (χ3v) is 3.60. The molecule has 0 radical (unpaired) electrons. The fraction of sp³-hybridized carbons (Fsp3) is 0.800. The number of piperazine rings is 1. The van der Waals surface area contributed by atoms with E-state index in [1.165, 1.54) is 9.80 Å². The van der Waals surface area contributed by atoms with Crippen molar-refractivity contribution in [2.24, 2.45) is 0 Å². The first-order valence-electron chi connectivity index (χ1n) is 7.87. The molecule has 1 saturated heterocycles. The van der Waals surface area contributed by atoms with Crippen molar-refractivity contribution in [3.05, 3.63) is 0 Å². The summed E-state index contributed by atoms with van der Waals surface area (Å²) in [6, 6.07) is -1.30. The van der Waals surface area contributed by atoms with Crippen molar-refractivity contribution < 1.29 is 24.2 Å². The van der Waals surface area contributed by atoms with Gasteiger partial charge in [0.05, 0.1) is 6.54 Å². The van der Waals surface area contributed by atoms with Crippen LogP contribution >= 0.6 is 0 Å². The van der Waals surface area contributed by atoms with E-state index in [2.05, 4.69) is 0 Å². The van der Waals surface area contributed by atoms with Crippen molar-refractivity contribution in [2.45, 2.75) is 46.3 Å². The Hall–Kier alpha value is -1.99. The second-order valence-electron chi connectivity index (χ2n) is 6.43. The molecule has 0 bridgehead atoms. The van der Waals surface area contributed by atoms with E-state index in [1.807, 2.05) is 13.8 Å². The summed E-state index contributed by atoms with van der Waals surface area (Å²) in [4.78, 5) is 40.3. The van der Waals surface area contributed by atoms with E-state index in [0.29, 0.717) is 19.6 Å². The zero-order chi connectivity index (χ0) is 17.8. The zero-order valence-corrected chi connectivity index (χ0v) is 14.5. The van der Waals surface area contributed by atoms with Crippen LogP contribution in [0.5, 0.6) is 0 Å². The second-order valence-corrected chi connectivity index (χ2v) is 6.43. The molecule has 1 fully saturated rings. The van der Waals surface area contributed by atoms with Gasteiger partial charge in [-0.2, -0.15) is 0 Å². The quantitative estimate of drug-likeness (QED) is 0.846. The van der Waals surface area contributed by atoms with E-state index < -0.39 is 23.7 Å². The number of aliphatic carboxylic acids is 1. The maximum atomic E-state index is 12.4. The monoisotopic (exact) mass is 329 g/mol. The summed E-state index contributed by atoms with van der Waals surface area (Å²) in [6.45, 7) is 10.4. The lowest BCUT2D eigenvalue weighted by molar-refractivity contribution is -0.145. The molecule has 0 aromatic rings. The molecule has 1 atom stereocenters. The smallest absolute Gasteiger partial charge is 0.411 e. The number of nitrogens with zero attached hydrogens (tertiary/aromatic N) is 3. The third kappa shape index (κ3) is 5.01. The number of carbonyl (C=O) groups is 3. The Morgan fingerprint density at radius 1 is 1.17 bits per heavy atom. The van der Waals surface area contributed by atoms with Gasteiger partial charge in [-0.1, -0.05) is 0 Å². The Labute approximate surface area is 137 Å². The molecule has 0 aromatic carbocycles. The first kappa shape index (κ1) is 19.1. The number of ether oxygens (including phenoxy) is 1. The van der Waals surface area contributed by atoms with E-state index in [9.17, 15) is 19.5 Å². The van der Waals surface area contributed by atoms with Crippen molar-refractivity contribution in [1.82, 2.24) is 14.7 Å². The molecule has 3 amide bonds. The maximum absolute atomic E-state index is 12.4. The van der Waals surface area contributed by atoms with Crippen LogP contribution < -0.4 is 0 Å². The van der Waals surface area contributed by atoms with Gasteiger partial charge in [0.2, 0.25) is 0 Å². The standard InChI is InChI=1S/C15H27N3O5/c1-6-16(7-2)13(21)17-8-9-18(11(10-17)12(19)20)14(22)23-15(3,4)5/h11H,6-10H2,1-5H3,(H,19,20). The van der Waals surface area contributed by atoms with Crippen LogP contribution in [0.3, 0.4) is 0 Å². The van der Waals surface area contributed by atoms with E-state index >= 15 is 0 Å². The molecule has 23 heavy (non-hydrogen) atoms. The minimum absolute atomic E-state index is 0.0378. The fourth-order valence-corrected chi connectivity index (χ4v) is 2.40. The molecule has 1 aliphatic heterocycles. The fourth-order valence-electron chi connectivity index (χ4n) is 2.40. The molecule has 8 heteroatoms. The normalized spacial score (nSPS) is 18.6. The van der Waals surface area contributed by atoms with Crippen LogP contribution in [0.25, 0.3) is 0 Å². The first-order chi connectivity index (χ1) is 10.6. The number of carbonyl (C=O) groups excluding carboxylic acids is 2. The number of hydrogen-bond donors (Lipinski definition) is 1. The predicted octanol–water partition coefficient (Wildman–Crippen LogP) is 1.45. The molecule has 1 unspecified atom stereocenters. The Balaban J connectivity index is 2.84. The number of amides is 3. The summed E-state index contributed by atoms with van der Waals surface area (Å²) in [5, 5.41) is 9.41. The molecule has 1 rings (SSSR count). The van der Waals surface area contributed by atoms with Gasteiger partial charge in [0.15, 0.2) is 6.04 Å². The van der Waals surface area contributed by atoms with E-state index in [1.54, 1.807) is 25.7 Å². The zero-order valence-electron chi connectivity index (χ0n) is 14.5. The Kier molecular flexibility index (Phi) is 6.23.